The third-order valence-electron chi connectivity index (χ3n) is 2.56. The molecule has 1 amide bonds. The fourth-order valence-electron chi connectivity index (χ4n) is 1.53. The summed E-state index contributed by atoms with van der Waals surface area (Å²) < 4.78 is 5.04. The molecule has 1 fully saturated rings. The van der Waals surface area contributed by atoms with Gasteiger partial charge in [-0.2, -0.15) is 0 Å². The molecule has 0 N–H and O–H groups in total. The number of cyclic esters (lactones) is 1. The predicted molar refractivity (Wildman–Crippen MR) is 52.0 cm³/mol. The smallest absolute Gasteiger partial charge is 0.410 e. The maximum Gasteiger partial charge on any atom is 0.410 e. The predicted octanol–water partition coefficient (Wildman–Crippen LogP) is 1.44. The third-order valence-corrected chi connectivity index (χ3v) is 2.56. The average Bonchev–Trinajstić information content (AvgIpc) is 2.07. The Labute approximate surface area is 84.2 Å². The zero-order chi connectivity index (χ0) is 10.9. The molecular weight excluding hydrogens is 182 g/mol. The molecule has 80 valence electrons. The number of aldehydes is 1. The molecule has 14 heavy (non-hydrogen) atoms. The van der Waals surface area contributed by atoms with E-state index < -0.39 is 12.2 Å². The second-order valence-corrected chi connectivity index (χ2v) is 4.65. The fourth-order valence-corrected chi connectivity index (χ4v) is 1.53. The minimum Gasteiger partial charge on any atom is -0.438 e. The lowest BCUT2D eigenvalue weighted by molar-refractivity contribution is -0.127. The molecule has 1 heterocycles. The van der Waals surface area contributed by atoms with E-state index in [1.807, 2.05) is 27.7 Å². The van der Waals surface area contributed by atoms with Gasteiger partial charge in [-0.1, -0.05) is 13.8 Å². The molecule has 4 heteroatoms. The molecule has 1 aliphatic heterocycles. The molecule has 0 aromatic carbocycles. The van der Waals surface area contributed by atoms with E-state index in [0.29, 0.717) is 12.8 Å². The highest BCUT2D eigenvalue weighted by atomic mass is 16.6. The Bertz CT molecular complexity index is 248. The number of carbonyl (C=O) groups is 2. The number of carbonyl (C=O) groups excluding carboxylic acids is 2. The van der Waals surface area contributed by atoms with Crippen LogP contribution in [0.15, 0.2) is 0 Å². The molecule has 0 bridgehead atoms. The minimum absolute atomic E-state index is 0.106. The minimum atomic E-state index is -0.620. The summed E-state index contributed by atoms with van der Waals surface area (Å²) in [6, 6.07) is 0.106. The zero-order valence-corrected chi connectivity index (χ0v) is 9.11. The Balaban J connectivity index is 2.83. The van der Waals surface area contributed by atoms with Crippen LogP contribution in [0.25, 0.3) is 0 Å². The van der Waals surface area contributed by atoms with Crippen molar-refractivity contribution in [2.24, 2.45) is 5.41 Å². The first-order valence-electron chi connectivity index (χ1n) is 4.81. The van der Waals surface area contributed by atoms with Crippen molar-refractivity contribution in [3.05, 3.63) is 0 Å². The Morgan fingerprint density at radius 2 is 2.14 bits per heavy atom. The maximum atomic E-state index is 11.4. The van der Waals surface area contributed by atoms with Gasteiger partial charge in [-0.15, -0.1) is 0 Å². The SMILES string of the molecule is CC(C)N1CC(C)(C)[C@H](C=O)OC1=O. The summed E-state index contributed by atoms with van der Waals surface area (Å²) in [5.41, 5.74) is -0.306. The van der Waals surface area contributed by atoms with Crippen molar-refractivity contribution in [3.8, 4) is 0 Å². The lowest BCUT2D eigenvalue weighted by Gasteiger charge is -2.42. The van der Waals surface area contributed by atoms with Crippen LogP contribution in [0.1, 0.15) is 27.7 Å². The van der Waals surface area contributed by atoms with Crippen LogP contribution in [0.2, 0.25) is 0 Å². The van der Waals surface area contributed by atoms with E-state index in [1.54, 1.807) is 4.90 Å². The molecule has 0 unspecified atom stereocenters. The Morgan fingerprint density at radius 3 is 2.57 bits per heavy atom. The summed E-state index contributed by atoms with van der Waals surface area (Å²) in [6.45, 7) is 8.27. The Hall–Kier alpha value is -1.06. The van der Waals surface area contributed by atoms with Gasteiger partial charge in [0.15, 0.2) is 12.4 Å². The lowest BCUT2D eigenvalue weighted by atomic mass is 9.85. The van der Waals surface area contributed by atoms with Crippen LogP contribution < -0.4 is 0 Å². The molecule has 1 saturated heterocycles. The number of rotatable bonds is 2. The summed E-state index contributed by atoms with van der Waals surface area (Å²) in [4.78, 5) is 23.8. The highest BCUT2D eigenvalue weighted by Crippen LogP contribution is 2.29. The van der Waals surface area contributed by atoms with E-state index in [4.69, 9.17) is 4.74 Å². The quantitative estimate of drug-likeness (QED) is 0.632. The van der Waals surface area contributed by atoms with Gasteiger partial charge in [0.1, 0.15) is 0 Å². The summed E-state index contributed by atoms with van der Waals surface area (Å²) in [7, 11) is 0. The first-order valence-corrected chi connectivity index (χ1v) is 4.81. The summed E-state index contributed by atoms with van der Waals surface area (Å²) >= 11 is 0. The molecule has 0 aromatic rings. The number of hydrogen-bond donors (Lipinski definition) is 0. The first kappa shape index (κ1) is 11.0. The monoisotopic (exact) mass is 199 g/mol. The number of ether oxygens (including phenoxy) is 1. The van der Waals surface area contributed by atoms with E-state index in [9.17, 15) is 9.59 Å². The number of nitrogens with zero attached hydrogens (tertiary/aromatic N) is 1. The van der Waals surface area contributed by atoms with Gasteiger partial charge in [-0.05, 0) is 13.8 Å². The van der Waals surface area contributed by atoms with Crippen LogP contribution in [0.4, 0.5) is 4.79 Å². The largest absolute Gasteiger partial charge is 0.438 e. The van der Waals surface area contributed by atoms with Crippen molar-refractivity contribution >= 4 is 12.4 Å². The van der Waals surface area contributed by atoms with Crippen molar-refractivity contribution in [2.75, 3.05) is 6.54 Å². The van der Waals surface area contributed by atoms with Gasteiger partial charge in [-0.3, -0.25) is 4.79 Å². The summed E-state index contributed by atoms with van der Waals surface area (Å²) in [5.74, 6) is 0. The zero-order valence-electron chi connectivity index (χ0n) is 9.11. The van der Waals surface area contributed by atoms with Gasteiger partial charge in [0.25, 0.3) is 0 Å². The normalized spacial score (nSPS) is 26.2. The van der Waals surface area contributed by atoms with E-state index in [1.165, 1.54) is 0 Å². The van der Waals surface area contributed by atoms with Crippen molar-refractivity contribution in [2.45, 2.75) is 39.8 Å². The number of amides is 1. The second kappa shape index (κ2) is 3.59. The maximum absolute atomic E-state index is 11.4. The van der Waals surface area contributed by atoms with Crippen molar-refractivity contribution < 1.29 is 14.3 Å². The van der Waals surface area contributed by atoms with E-state index in [-0.39, 0.29) is 11.5 Å². The molecule has 0 saturated carbocycles. The molecule has 1 atom stereocenters. The van der Waals surface area contributed by atoms with Gasteiger partial charge < -0.3 is 9.64 Å². The second-order valence-electron chi connectivity index (χ2n) is 4.65. The van der Waals surface area contributed by atoms with Crippen LogP contribution in [-0.2, 0) is 9.53 Å². The van der Waals surface area contributed by atoms with Gasteiger partial charge in [0, 0.05) is 18.0 Å². The molecule has 0 aliphatic carbocycles. The number of hydrogen-bond acceptors (Lipinski definition) is 3. The van der Waals surface area contributed by atoms with Gasteiger partial charge in [-0.25, -0.2) is 4.79 Å². The van der Waals surface area contributed by atoms with E-state index in [0.717, 1.165) is 0 Å². The van der Waals surface area contributed by atoms with Crippen molar-refractivity contribution in [3.63, 3.8) is 0 Å². The third kappa shape index (κ3) is 1.89. The van der Waals surface area contributed by atoms with Gasteiger partial charge in [0.2, 0.25) is 0 Å². The average molecular weight is 199 g/mol. The van der Waals surface area contributed by atoms with Crippen LogP contribution in [-0.4, -0.2) is 36.0 Å². The Kier molecular flexibility index (Phi) is 2.83. The topological polar surface area (TPSA) is 46.6 Å². The molecular formula is C10H17NO3. The van der Waals surface area contributed by atoms with Crippen LogP contribution in [0.3, 0.4) is 0 Å². The lowest BCUT2D eigenvalue weighted by Crippen LogP contribution is -2.55. The standard InChI is InChI=1S/C10H17NO3/c1-7(2)11-6-10(3,4)8(5-12)14-9(11)13/h5,7-8H,6H2,1-4H3/t8-/m0/s1. The molecule has 0 aromatic heterocycles. The van der Waals surface area contributed by atoms with Gasteiger partial charge in [0.05, 0.1) is 0 Å². The molecule has 0 radical (unpaired) electrons. The first-order chi connectivity index (χ1) is 6.38. The molecule has 1 rings (SSSR count). The summed E-state index contributed by atoms with van der Waals surface area (Å²) in [5, 5.41) is 0. The van der Waals surface area contributed by atoms with Crippen molar-refractivity contribution in [1.29, 1.82) is 0 Å². The fraction of sp³-hybridized carbons (Fsp3) is 0.800. The Morgan fingerprint density at radius 1 is 1.57 bits per heavy atom. The van der Waals surface area contributed by atoms with E-state index >= 15 is 0 Å². The highest BCUT2D eigenvalue weighted by molar-refractivity contribution is 5.73. The molecule has 1 aliphatic rings. The van der Waals surface area contributed by atoms with Crippen LogP contribution in [0, 0.1) is 5.41 Å². The van der Waals surface area contributed by atoms with Gasteiger partial charge >= 0.3 is 6.09 Å². The highest BCUT2D eigenvalue weighted by Gasteiger charge is 2.42. The molecule has 4 nitrogen and oxygen atoms in total. The summed E-state index contributed by atoms with van der Waals surface area (Å²) in [6.07, 6.45) is -0.309. The van der Waals surface area contributed by atoms with Crippen molar-refractivity contribution in [1.82, 2.24) is 4.90 Å². The van der Waals surface area contributed by atoms with E-state index in [2.05, 4.69) is 0 Å². The van der Waals surface area contributed by atoms with Crippen LogP contribution in [0.5, 0.6) is 0 Å². The van der Waals surface area contributed by atoms with Crippen LogP contribution >= 0.6 is 0 Å². The molecule has 0 spiro atoms.